The third-order valence-corrected chi connectivity index (χ3v) is 6.20. The summed E-state index contributed by atoms with van der Waals surface area (Å²) >= 11 is 3.79. The third kappa shape index (κ3) is 3.68. The Hall–Kier alpha value is -0.830. The smallest absolute Gasteiger partial charge is 0.283 e. The first-order valence-electron chi connectivity index (χ1n) is 6.75. The molecular formula is C14H17IN2O3S. The molecule has 1 saturated heterocycles. The molecule has 1 aromatic rings. The van der Waals surface area contributed by atoms with Crippen LogP contribution in [-0.2, 0) is 0 Å². The molecule has 1 aromatic carbocycles. The van der Waals surface area contributed by atoms with Crippen LogP contribution in [0.2, 0.25) is 0 Å². The van der Waals surface area contributed by atoms with Gasteiger partial charge in [-0.2, -0.15) is 11.8 Å². The molecule has 5 nitrogen and oxygen atoms in total. The van der Waals surface area contributed by atoms with Crippen LogP contribution in [0, 0.1) is 19.6 Å². The highest BCUT2D eigenvalue weighted by Crippen LogP contribution is 2.29. The highest BCUT2D eigenvalue weighted by Gasteiger charge is 2.29. The van der Waals surface area contributed by atoms with Crippen molar-refractivity contribution in [2.24, 2.45) is 5.92 Å². The molecule has 114 valence electrons. The molecule has 0 N–H and O–H groups in total. The Bertz CT molecular complexity index is 565. The molecule has 1 aliphatic heterocycles. The van der Waals surface area contributed by atoms with E-state index in [1.807, 2.05) is 39.3 Å². The molecule has 1 fully saturated rings. The number of thioether (sulfide) groups is 1. The fraction of sp³-hybridized carbons (Fsp3) is 0.500. The van der Waals surface area contributed by atoms with Gasteiger partial charge < -0.3 is 4.90 Å². The number of nitro groups is 1. The minimum Gasteiger partial charge on any atom is -0.337 e. The molecule has 1 heterocycles. The van der Waals surface area contributed by atoms with E-state index in [-0.39, 0.29) is 11.6 Å². The van der Waals surface area contributed by atoms with E-state index in [4.69, 9.17) is 0 Å². The average molecular weight is 420 g/mol. The molecule has 0 saturated carbocycles. The summed E-state index contributed by atoms with van der Waals surface area (Å²) in [6.45, 7) is 5.72. The summed E-state index contributed by atoms with van der Waals surface area (Å²) in [5.74, 6) is 1.32. The van der Waals surface area contributed by atoms with Crippen molar-refractivity contribution < 1.29 is 9.72 Å². The van der Waals surface area contributed by atoms with E-state index in [0.29, 0.717) is 33.4 Å². The lowest BCUT2D eigenvalue weighted by molar-refractivity contribution is -0.385. The lowest BCUT2D eigenvalue weighted by Crippen LogP contribution is -2.43. The maximum Gasteiger partial charge on any atom is 0.283 e. The van der Waals surface area contributed by atoms with Gasteiger partial charge in [0.15, 0.2) is 0 Å². The summed E-state index contributed by atoms with van der Waals surface area (Å²) in [6.07, 6.45) is 0. The zero-order valence-electron chi connectivity index (χ0n) is 11.9. The molecular weight excluding hydrogens is 403 g/mol. The predicted octanol–water partition coefficient (Wildman–Crippen LogP) is 3.41. The van der Waals surface area contributed by atoms with Crippen molar-refractivity contribution in [1.82, 2.24) is 4.90 Å². The second kappa shape index (κ2) is 6.95. The normalized spacial score (nSPS) is 18.9. The summed E-state index contributed by atoms with van der Waals surface area (Å²) in [7, 11) is 0. The van der Waals surface area contributed by atoms with Crippen LogP contribution in [0.3, 0.4) is 0 Å². The van der Waals surface area contributed by atoms with Gasteiger partial charge >= 0.3 is 0 Å². The van der Waals surface area contributed by atoms with E-state index < -0.39 is 4.92 Å². The zero-order valence-corrected chi connectivity index (χ0v) is 14.9. The number of benzene rings is 1. The summed E-state index contributed by atoms with van der Waals surface area (Å²) in [4.78, 5) is 25.0. The Morgan fingerprint density at radius 1 is 1.52 bits per heavy atom. The van der Waals surface area contributed by atoms with E-state index >= 15 is 0 Å². The number of nitrogens with zero attached hydrogens (tertiary/aromatic N) is 2. The molecule has 1 atom stereocenters. The molecule has 0 unspecified atom stereocenters. The lowest BCUT2D eigenvalue weighted by atomic mass is 10.1. The second-order valence-electron chi connectivity index (χ2n) is 5.30. The van der Waals surface area contributed by atoms with Crippen LogP contribution in [0.25, 0.3) is 0 Å². The van der Waals surface area contributed by atoms with Gasteiger partial charge in [-0.05, 0) is 34.6 Å². The monoisotopic (exact) mass is 420 g/mol. The zero-order chi connectivity index (χ0) is 15.6. The van der Waals surface area contributed by atoms with Gasteiger partial charge in [0.1, 0.15) is 3.57 Å². The standard InChI is InChI=1S/C14H17IN2O3S/c1-9(2)12-8-16(6-7-21-12)14(18)10-4-3-5-11(13(10)15)17(19)20/h3-5,9,12H,6-8H2,1-2H3/t12-/m1/s1. The number of hydrogen-bond donors (Lipinski definition) is 0. The number of carbonyl (C=O) groups excluding carboxylic acids is 1. The molecule has 0 radical (unpaired) electrons. The van der Waals surface area contributed by atoms with Gasteiger partial charge in [0.05, 0.1) is 10.5 Å². The minimum absolute atomic E-state index is 0.00626. The number of hydrogen-bond acceptors (Lipinski definition) is 4. The van der Waals surface area contributed by atoms with E-state index in [1.54, 1.807) is 12.1 Å². The highest BCUT2D eigenvalue weighted by molar-refractivity contribution is 14.1. The number of rotatable bonds is 3. The van der Waals surface area contributed by atoms with Gasteiger partial charge in [-0.25, -0.2) is 0 Å². The Labute approximate surface area is 141 Å². The molecule has 0 spiro atoms. The maximum absolute atomic E-state index is 12.7. The van der Waals surface area contributed by atoms with Gasteiger partial charge in [0.25, 0.3) is 11.6 Å². The van der Waals surface area contributed by atoms with Gasteiger partial charge in [-0.3, -0.25) is 14.9 Å². The van der Waals surface area contributed by atoms with Crippen molar-refractivity contribution in [1.29, 1.82) is 0 Å². The average Bonchev–Trinajstić information content (AvgIpc) is 2.46. The topological polar surface area (TPSA) is 63.5 Å². The third-order valence-electron chi connectivity index (χ3n) is 3.53. The molecule has 0 bridgehead atoms. The van der Waals surface area contributed by atoms with E-state index in [1.165, 1.54) is 6.07 Å². The van der Waals surface area contributed by atoms with Crippen LogP contribution in [0.4, 0.5) is 5.69 Å². The van der Waals surface area contributed by atoms with Crippen molar-refractivity contribution in [2.45, 2.75) is 19.1 Å². The summed E-state index contributed by atoms with van der Waals surface area (Å²) in [5.41, 5.74) is 0.424. The number of carbonyl (C=O) groups is 1. The van der Waals surface area contributed by atoms with Crippen LogP contribution in [0.1, 0.15) is 24.2 Å². The minimum atomic E-state index is -0.443. The van der Waals surface area contributed by atoms with Gasteiger partial charge in [0.2, 0.25) is 0 Å². The molecule has 7 heteroatoms. The maximum atomic E-state index is 12.7. The van der Waals surface area contributed by atoms with Crippen LogP contribution < -0.4 is 0 Å². The quantitative estimate of drug-likeness (QED) is 0.427. The van der Waals surface area contributed by atoms with E-state index in [0.717, 1.165) is 5.75 Å². The Balaban J connectivity index is 2.24. The molecule has 0 aromatic heterocycles. The Morgan fingerprint density at radius 3 is 2.86 bits per heavy atom. The fourth-order valence-electron chi connectivity index (χ4n) is 2.26. The van der Waals surface area contributed by atoms with E-state index in [2.05, 4.69) is 13.8 Å². The summed E-state index contributed by atoms with van der Waals surface area (Å²) in [6, 6.07) is 4.68. The van der Waals surface area contributed by atoms with Crippen LogP contribution in [0.5, 0.6) is 0 Å². The van der Waals surface area contributed by atoms with Crippen LogP contribution in [-0.4, -0.2) is 39.8 Å². The lowest BCUT2D eigenvalue weighted by Gasteiger charge is -2.34. The van der Waals surface area contributed by atoms with Crippen LogP contribution >= 0.6 is 34.4 Å². The second-order valence-corrected chi connectivity index (χ2v) is 7.73. The number of amides is 1. The van der Waals surface area contributed by atoms with Gasteiger partial charge in [-0.15, -0.1) is 0 Å². The number of nitro benzene ring substituents is 1. The number of halogens is 1. The summed E-state index contributed by atoms with van der Waals surface area (Å²) in [5, 5.41) is 11.4. The van der Waals surface area contributed by atoms with Crippen molar-refractivity contribution in [3.8, 4) is 0 Å². The molecule has 2 rings (SSSR count). The first kappa shape index (κ1) is 16.5. The Kier molecular flexibility index (Phi) is 5.48. The molecule has 21 heavy (non-hydrogen) atoms. The van der Waals surface area contributed by atoms with Crippen molar-refractivity contribution in [2.75, 3.05) is 18.8 Å². The molecule has 1 amide bonds. The highest BCUT2D eigenvalue weighted by atomic mass is 127. The fourth-order valence-corrected chi connectivity index (χ4v) is 4.35. The van der Waals surface area contributed by atoms with E-state index in [9.17, 15) is 14.9 Å². The molecule has 1 aliphatic rings. The first-order chi connectivity index (χ1) is 9.91. The largest absolute Gasteiger partial charge is 0.337 e. The SMILES string of the molecule is CC(C)[C@H]1CN(C(=O)c2cccc([N+](=O)[O-])c2I)CCS1. The Morgan fingerprint density at radius 2 is 2.24 bits per heavy atom. The first-order valence-corrected chi connectivity index (χ1v) is 8.88. The summed E-state index contributed by atoms with van der Waals surface area (Å²) < 4.78 is 0.421. The molecule has 0 aliphatic carbocycles. The van der Waals surface area contributed by atoms with Crippen molar-refractivity contribution in [3.63, 3.8) is 0 Å². The van der Waals surface area contributed by atoms with Crippen molar-refractivity contribution in [3.05, 3.63) is 37.4 Å². The van der Waals surface area contributed by atoms with Crippen LogP contribution in [0.15, 0.2) is 18.2 Å². The van der Waals surface area contributed by atoms with Crippen molar-refractivity contribution >= 4 is 45.9 Å². The van der Waals surface area contributed by atoms with Gasteiger partial charge in [0, 0.05) is 30.2 Å². The predicted molar refractivity (Wildman–Crippen MR) is 92.8 cm³/mol. The van der Waals surface area contributed by atoms with Gasteiger partial charge in [-0.1, -0.05) is 19.9 Å².